The molecule has 0 spiro atoms. The number of hydrogen-bond acceptors (Lipinski definition) is 27. The van der Waals surface area contributed by atoms with Crippen molar-refractivity contribution in [3.8, 4) is 0 Å². The number of nitrogens with two attached hydrogens (primary N) is 3. The van der Waals surface area contributed by atoms with E-state index >= 15 is 0 Å². The van der Waals surface area contributed by atoms with Crippen LogP contribution in [0.2, 0.25) is 0 Å². The first-order valence-electron chi connectivity index (χ1n) is 27.5. The first-order chi connectivity index (χ1) is 36.8. The monoisotopic (exact) mass is 1210 g/mol. The third kappa shape index (κ3) is 17.9. The number of aliphatic hydroxyl groups excluding tert-OH is 12. The standard InChI is InChI=1S/C25H47NO12S.C21H40N2O10.C3H7ClO2S/c1-5-7-39(33,34)10-13-8-11(3)22(37-24-12(4)17(28)19(30)14(6-2)35-24)21(32)23(13)38-25-20(31)16(26)18(29)15(9-27)36-25;1-4-10-15(27)13(25)8(3)20(30-10)32-18-7(2)5-9(22)19(17(18)29)33-21-16(28)12(23)14(26)11(6-24)31-21;1-2-3-7(4,5)6/h11-25,27-32H,5-10,26H2,1-4H3;7-21,24-29H,4-6,22-23H2,1-3H3;2-3H2,1H3/t11-,12+,13-,14+,15+,16-,17+,18+,19+,20+,21-,22?,23-,24+,25+;7-,8+,9+,10+,11+,12-,13+,14+,15+,16+,17-,18?,19-,20+,21+;/m00./s1. The fraction of sp³-hybridized carbons (Fsp3) is 1.00. The number of rotatable bonds is 18. The number of halogens is 1. The average Bonchev–Trinajstić information content (AvgIpc) is 3.43. The van der Waals surface area contributed by atoms with Crippen LogP contribution >= 0.6 is 10.7 Å². The summed E-state index contributed by atoms with van der Waals surface area (Å²) in [4.78, 5) is 0. The van der Waals surface area contributed by atoms with Crippen molar-refractivity contribution in [2.75, 3.05) is 30.5 Å². The van der Waals surface area contributed by atoms with Gasteiger partial charge in [-0.15, -0.1) is 0 Å². The van der Waals surface area contributed by atoms with Crippen LogP contribution < -0.4 is 17.2 Å². The molecule has 2 aliphatic carbocycles. The summed E-state index contributed by atoms with van der Waals surface area (Å²) in [6.07, 6.45) is -21.9. The van der Waals surface area contributed by atoms with Gasteiger partial charge in [0.25, 0.3) is 0 Å². The third-order valence-corrected chi connectivity index (χ3v) is 19.3. The molecule has 79 heavy (non-hydrogen) atoms. The van der Waals surface area contributed by atoms with Gasteiger partial charge in [-0.3, -0.25) is 0 Å². The molecular weight excluding hydrogens is 1110 g/mol. The van der Waals surface area contributed by atoms with Gasteiger partial charge in [0, 0.05) is 40.2 Å². The van der Waals surface area contributed by atoms with E-state index in [9.17, 15) is 78.1 Å². The zero-order valence-corrected chi connectivity index (χ0v) is 48.7. The average molecular weight is 1210 g/mol. The Morgan fingerprint density at radius 3 is 1.20 bits per heavy atom. The van der Waals surface area contributed by atoms with Crippen molar-refractivity contribution in [3.05, 3.63) is 0 Å². The second-order valence-electron chi connectivity index (χ2n) is 22.2. The lowest BCUT2D eigenvalue weighted by molar-refractivity contribution is -0.331. The molecule has 6 aliphatic rings. The predicted octanol–water partition coefficient (Wildman–Crippen LogP) is -4.43. The van der Waals surface area contributed by atoms with Crippen molar-refractivity contribution >= 4 is 29.6 Å². The first kappa shape index (κ1) is 70.8. The summed E-state index contributed by atoms with van der Waals surface area (Å²) in [6.45, 7) is 13.0. The van der Waals surface area contributed by atoms with Crippen LogP contribution in [0, 0.1) is 29.6 Å². The van der Waals surface area contributed by atoms with Crippen molar-refractivity contribution in [1.29, 1.82) is 0 Å². The Morgan fingerprint density at radius 2 is 0.835 bits per heavy atom. The highest BCUT2D eigenvalue weighted by molar-refractivity contribution is 8.13. The lowest BCUT2D eigenvalue weighted by Crippen LogP contribution is -2.66. The number of aliphatic hydroxyl groups is 12. The Kier molecular flexibility index (Phi) is 27.8. The summed E-state index contributed by atoms with van der Waals surface area (Å²) in [6, 6.07) is -2.97. The number of hydrogen-bond donors (Lipinski definition) is 15. The van der Waals surface area contributed by atoms with E-state index in [1.54, 1.807) is 41.5 Å². The molecule has 27 nitrogen and oxygen atoms in total. The van der Waals surface area contributed by atoms with Crippen LogP contribution in [0.1, 0.15) is 93.9 Å². The van der Waals surface area contributed by atoms with E-state index in [2.05, 4.69) is 0 Å². The van der Waals surface area contributed by atoms with Crippen LogP contribution in [0.4, 0.5) is 0 Å². The summed E-state index contributed by atoms with van der Waals surface area (Å²) < 4.78 is 92.5. The maximum atomic E-state index is 12.8. The summed E-state index contributed by atoms with van der Waals surface area (Å²) in [7, 11) is -1.90. The fourth-order valence-corrected chi connectivity index (χ4v) is 13.9. The van der Waals surface area contributed by atoms with E-state index in [1.807, 2.05) is 13.8 Å². The Balaban J connectivity index is 0.000000307. The summed E-state index contributed by atoms with van der Waals surface area (Å²) in [5, 5.41) is 124. The molecule has 30 atom stereocenters. The van der Waals surface area contributed by atoms with Crippen LogP contribution in [0.3, 0.4) is 0 Å². The lowest BCUT2D eigenvalue weighted by atomic mass is 9.77. The highest BCUT2D eigenvalue weighted by Gasteiger charge is 2.54. The molecule has 6 fully saturated rings. The molecule has 2 unspecified atom stereocenters. The molecule has 4 heterocycles. The summed E-state index contributed by atoms with van der Waals surface area (Å²) in [5.41, 5.74) is 18.0. The normalized spacial score (nSPS) is 47.0. The highest BCUT2D eigenvalue weighted by atomic mass is 35.7. The van der Waals surface area contributed by atoms with Crippen LogP contribution in [0.25, 0.3) is 0 Å². The smallest absolute Gasteiger partial charge is 0.232 e. The van der Waals surface area contributed by atoms with Gasteiger partial charge >= 0.3 is 0 Å². The molecule has 0 aromatic rings. The SMILES string of the molecule is CCCS(=O)(=O)C[C@@H]1C[C@H](C)C(O[C@H]2O[C@H](CC)[C@@H](O)[C@H](O)[C@H]2C)[C@H](O)[C@H]1O[C@H]1O[C@H](CO)[C@@H](O)[C@H](N)[C@H]1O.CCCS(=O)(=O)Cl.CC[C@H]1O[C@H](OC2[C@@H](C)C[C@@H](N)[C@H](O[C@H]3O[C@H](CO)[C@@H](O)[C@H](N)[C@H]3O)[C@H]2O)[C@H](C)[C@@H](O)[C@@H]1O. The summed E-state index contributed by atoms with van der Waals surface area (Å²) >= 11 is 0. The van der Waals surface area contributed by atoms with Gasteiger partial charge in [0.05, 0.1) is 79.5 Å². The van der Waals surface area contributed by atoms with Crippen molar-refractivity contribution in [1.82, 2.24) is 0 Å². The predicted molar refractivity (Wildman–Crippen MR) is 281 cm³/mol. The Bertz CT molecular complexity index is 1980. The van der Waals surface area contributed by atoms with Gasteiger partial charge < -0.3 is 116 Å². The molecule has 2 saturated carbocycles. The van der Waals surface area contributed by atoms with Crippen molar-refractivity contribution in [2.24, 2.45) is 46.8 Å². The minimum absolute atomic E-state index is 0.0428. The van der Waals surface area contributed by atoms with Crippen molar-refractivity contribution < 1.29 is 116 Å². The van der Waals surface area contributed by atoms with Gasteiger partial charge in [-0.05, 0) is 50.4 Å². The molecule has 468 valence electrons. The minimum atomic E-state index is -3.50. The van der Waals surface area contributed by atoms with Crippen molar-refractivity contribution in [2.45, 2.75) is 247 Å². The zero-order chi connectivity index (χ0) is 59.8. The molecule has 30 heteroatoms. The van der Waals surface area contributed by atoms with E-state index in [0.717, 1.165) is 0 Å². The molecule has 0 amide bonds. The van der Waals surface area contributed by atoms with E-state index in [4.69, 9.17) is 65.8 Å². The zero-order valence-electron chi connectivity index (χ0n) is 46.3. The van der Waals surface area contributed by atoms with Crippen LogP contribution in [-0.4, -0.2) is 262 Å². The molecule has 6 rings (SSSR count). The molecule has 0 bridgehead atoms. The molecule has 0 aromatic heterocycles. The van der Waals surface area contributed by atoms with Crippen LogP contribution in [0.15, 0.2) is 0 Å². The molecule has 0 radical (unpaired) electrons. The van der Waals surface area contributed by atoms with Gasteiger partial charge in [-0.25, -0.2) is 16.8 Å². The van der Waals surface area contributed by atoms with Gasteiger partial charge in [-0.2, -0.15) is 0 Å². The summed E-state index contributed by atoms with van der Waals surface area (Å²) in [5.74, 6) is -2.66. The third-order valence-electron chi connectivity index (χ3n) is 16.0. The maximum absolute atomic E-state index is 12.8. The van der Waals surface area contributed by atoms with Gasteiger partial charge in [0.15, 0.2) is 35.0 Å². The fourth-order valence-electron chi connectivity index (χ4n) is 11.2. The topological polar surface area (TPSA) is 463 Å². The molecule has 18 N–H and O–H groups in total. The van der Waals surface area contributed by atoms with E-state index in [-0.39, 0.29) is 35.5 Å². The quantitative estimate of drug-likeness (QED) is 0.0576. The van der Waals surface area contributed by atoms with Gasteiger partial charge in [0.2, 0.25) is 9.05 Å². The highest BCUT2D eigenvalue weighted by Crippen LogP contribution is 2.40. The minimum Gasteiger partial charge on any atom is -0.394 e. The Labute approximate surface area is 468 Å². The molecule has 0 aromatic carbocycles. The number of sulfone groups is 1. The molecule has 4 saturated heterocycles. The maximum Gasteiger partial charge on any atom is 0.232 e. The van der Waals surface area contributed by atoms with E-state index in [0.29, 0.717) is 32.1 Å². The molecular formula is C49H94ClN3O24S2. The Hall–Kier alpha value is -0.730. The Morgan fingerprint density at radius 1 is 0.468 bits per heavy atom. The second-order valence-corrected chi connectivity index (χ2v) is 27.4. The van der Waals surface area contributed by atoms with Gasteiger partial charge in [-0.1, -0.05) is 55.4 Å². The van der Waals surface area contributed by atoms with E-state index in [1.165, 1.54) is 0 Å². The first-order valence-corrected chi connectivity index (χ1v) is 31.8. The number of ether oxygens (including phenoxy) is 8. The van der Waals surface area contributed by atoms with Crippen molar-refractivity contribution in [3.63, 3.8) is 0 Å². The second kappa shape index (κ2) is 31.1. The molecule has 4 aliphatic heterocycles. The van der Waals surface area contributed by atoms with Gasteiger partial charge in [0.1, 0.15) is 67.1 Å². The lowest BCUT2D eigenvalue weighted by Gasteiger charge is -2.49. The van der Waals surface area contributed by atoms with Crippen LogP contribution in [-0.2, 0) is 56.8 Å². The largest absolute Gasteiger partial charge is 0.394 e. The van der Waals surface area contributed by atoms with E-state index < -0.39 is 203 Å². The van der Waals surface area contributed by atoms with Crippen LogP contribution in [0.5, 0.6) is 0 Å².